The highest BCUT2D eigenvalue weighted by Crippen LogP contribution is 2.52. The zero-order chi connectivity index (χ0) is 20.7. The Morgan fingerprint density at radius 2 is 1.87 bits per heavy atom. The van der Waals surface area contributed by atoms with Crippen molar-refractivity contribution < 1.29 is 32.2 Å². The molecule has 10 heteroatoms. The van der Waals surface area contributed by atoms with Crippen molar-refractivity contribution >= 4 is 17.2 Å². The molecule has 2 aromatic heterocycles. The van der Waals surface area contributed by atoms with Gasteiger partial charge >= 0.3 is 6.18 Å². The molecule has 30 heavy (non-hydrogen) atoms. The molecule has 0 radical (unpaired) electrons. The third-order valence-electron chi connectivity index (χ3n) is 5.65. The number of hydrogen-bond donors (Lipinski definition) is 0. The molecule has 0 aliphatic carbocycles. The molecule has 3 aliphatic rings. The maximum Gasteiger partial charge on any atom is 0.425 e. The molecule has 1 amide bonds. The predicted octanol–water partition coefficient (Wildman–Crippen LogP) is 3.65. The molecule has 5 heterocycles. The summed E-state index contributed by atoms with van der Waals surface area (Å²) in [5.41, 5.74) is 0.295. The van der Waals surface area contributed by atoms with E-state index in [1.165, 1.54) is 11.1 Å². The molecular weight excluding hydrogens is 421 g/mol. The van der Waals surface area contributed by atoms with Crippen molar-refractivity contribution in [3.05, 3.63) is 63.6 Å². The summed E-state index contributed by atoms with van der Waals surface area (Å²) < 4.78 is 57.4. The molecular formula is C20H13F3N2O4S. The van der Waals surface area contributed by atoms with E-state index in [1.54, 1.807) is 29.1 Å². The first-order valence-electron chi connectivity index (χ1n) is 9.11. The summed E-state index contributed by atoms with van der Waals surface area (Å²) in [5, 5.41) is 1.46. The summed E-state index contributed by atoms with van der Waals surface area (Å²) in [6, 6.07) is 9.56. The molecule has 6 nitrogen and oxygen atoms in total. The summed E-state index contributed by atoms with van der Waals surface area (Å²) in [7, 11) is 0. The number of alkyl halides is 3. The van der Waals surface area contributed by atoms with E-state index >= 15 is 0 Å². The molecule has 1 unspecified atom stereocenters. The van der Waals surface area contributed by atoms with Gasteiger partial charge < -0.3 is 14.2 Å². The summed E-state index contributed by atoms with van der Waals surface area (Å²) >= 11 is 0.639. The monoisotopic (exact) mass is 434 g/mol. The lowest BCUT2D eigenvalue weighted by Gasteiger charge is -2.22. The Morgan fingerprint density at radius 1 is 1.07 bits per heavy atom. The van der Waals surface area contributed by atoms with Crippen molar-refractivity contribution in [3.8, 4) is 17.2 Å². The van der Waals surface area contributed by atoms with Gasteiger partial charge in [-0.2, -0.15) is 13.2 Å². The van der Waals surface area contributed by atoms with Gasteiger partial charge in [0, 0.05) is 22.7 Å². The highest BCUT2D eigenvalue weighted by Gasteiger charge is 2.58. The maximum atomic E-state index is 13.7. The number of benzene rings is 1. The van der Waals surface area contributed by atoms with Crippen LogP contribution < -0.4 is 19.2 Å². The van der Waals surface area contributed by atoms with Crippen molar-refractivity contribution in [2.24, 2.45) is 0 Å². The summed E-state index contributed by atoms with van der Waals surface area (Å²) in [4.78, 5) is 13.4. The van der Waals surface area contributed by atoms with E-state index in [-0.39, 0.29) is 25.9 Å². The van der Waals surface area contributed by atoms with Gasteiger partial charge in [-0.05, 0) is 30.3 Å². The number of carbonyl (C=O) groups is 1. The second-order valence-electron chi connectivity index (χ2n) is 7.26. The van der Waals surface area contributed by atoms with Crippen molar-refractivity contribution in [2.45, 2.75) is 18.1 Å². The Hall–Kier alpha value is -3.14. The van der Waals surface area contributed by atoms with Gasteiger partial charge in [-0.15, -0.1) is 11.3 Å². The van der Waals surface area contributed by atoms with Crippen molar-refractivity contribution in [1.82, 2.24) is 4.68 Å². The minimum absolute atomic E-state index is 0.0306. The summed E-state index contributed by atoms with van der Waals surface area (Å²) in [5.74, 6) is 1.38. The van der Waals surface area contributed by atoms with Crippen LogP contribution in [-0.2, 0) is 22.9 Å². The second kappa shape index (κ2) is 5.72. The molecule has 0 saturated carbocycles. The smallest absolute Gasteiger partial charge is 0.425 e. The van der Waals surface area contributed by atoms with Crippen molar-refractivity contribution in [2.75, 3.05) is 18.4 Å². The fraction of sp³-hybridized carbons (Fsp3) is 0.250. The molecule has 3 aliphatic heterocycles. The van der Waals surface area contributed by atoms with E-state index in [0.717, 1.165) is 6.07 Å². The zero-order valence-electron chi connectivity index (χ0n) is 15.2. The third kappa shape index (κ3) is 2.22. The number of rotatable bonds is 2. The van der Waals surface area contributed by atoms with Crippen LogP contribution in [0, 0.1) is 0 Å². The number of hydrogen-bond acceptors (Lipinski definition) is 5. The van der Waals surface area contributed by atoms with Gasteiger partial charge in [0.25, 0.3) is 5.91 Å². The van der Waals surface area contributed by atoms with Gasteiger partial charge in [-0.1, -0.05) is 0 Å². The average molecular weight is 434 g/mol. The molecule has 0 bridgehead atoms. The van der Waals surface area contributed by atoms with Crippen LogP contribution in [0.25, 0.3) is 0 Å². The van der Waals surface area contributed by atoms with Gasteiger partial charge in [0.05, 0.1) is 12.2 Å². The van der Waals surface area contributed by atoms with Crippen LogP contribution in [-0.4, -0.2) is 24.0 Å². The zero-order valence-corrected chi connectivity index (χ0v) is 16.0. The number of nitrogens with zero attached hydrogens (tertiary/aromatic N) is 2. The van der Waals surface area contributed by atoms with E-state index in [4.69, 9.17) is 14.2 Å². The molecule has 1 spiro atoms. The van der Waals surface area contributed by atoms with Crippen LogP contribution in [0.1, 0.15) is 21.0 Å². The summed E-state index contributed by atoms with van der Waals surface area (Å²) in [6.45, 7) is 0.229. The van der Waals surface area contributed by atoms with E-state index in [1.807, 2.05) is 6.07 Å². The molecule has 3 aromatic rings. The van der Waals surface area contributed by atoms with Gasteiger partial charge in [0.2, 0.25) is 6.79 Å². The van der Waals surface area contributed by atoms with Gasteiger partial charge in [0.1, 0.15) is 17.2 Å². The minimum atomic E-state index is -4.40. The Kier molecular flexibility index (Phi) is 3.37. The molecule has 0 N–H and O–H groups in total. The number of carbonyl (C=O) groups excluding carboxylic acids is 1. The first-order chi connectivity index (χ1) is 14.4. The fourth-order valence-corrected chi connectivity index (χ4v) is 5.15. The van der Waals surface area contributed by atoms with E-state index in [9.17, 15) is 18.0 Å². The largest absolute Gasteiger partial charge is 0.491 e. The predicted molar refractivity (Wildman–Crippen MR) is 99.5 cm³/mol. The topological polar surface area (TPSA) is 52.9 Å². The fourth-order valence-electron chi connectivity index (χ4n) is 4.29. The first kappa shape index (κ1) is 17.7. The molecule has 1 aromatic carbocycles. The third-order valence-corrected chi connectivity index (χ3v) is 6.77. The van der Waals surface area contributed by atoms with Gasteiger partial charge in [-0.25, -0.2) is 5.01 Å². The number of halogens is 3. The molecule has 154 valence electrons. The van der Waals surface area contributed by atoms with Gasteiger partial charge in [-0.3, -0.25) is 9.47 Å². The molecule has 6 rings (SSSR count). The quantitative estimate of drug-likeness (QED) is 0.618. The van der Waals surface area contributed by atoms with Crippen LogP contribution in [0.15, 0.2) is 42.6 Å². The van der Waals surface area contributed by atoms with Crippen LogP contribution in [0.3, 0.4) is 0 Å². The van der Waals surface area contributed by atoms with Crippen molar-refractivity contribution in [3.63, 3.8) is 0 Å². The molecule has 1 atom stereocenters. The van der Waals surface area contributed by atoms with Crippen molar-refractivity contribution in [1.29, 1.82) is 0 Å². The van der Waals surface area contributed by atoms with E-state index in [0.29, 0.717) is 44.7 Å². The highest BCUT2D eigenvalue weighted by atomic mass is 32.1. The lowest BCUT2D eigenvalue weighted by atomic mass is 9.79. The number of fused-ring (bicyclic) bond motifs is 5. The lowest BCUT2D eigenvalue weighted by molar-refractivity contribution is -0.134. The first-order valence-corrected chi connectivity index (χ1v) is 9.92. The number of ether oxygens (including phenoxy) is 3. The Morgan fingerprint density at radius 3 is 2.63 bits per heavy atom. The number of thiophene rings is 1. The second-order valence-corrected chi connectivity index (χ2v) is 8.43. The Labute approximate surface area is 172 Å². The Balaban J connectivity index is 1.42. The number of aromatic nitrogens is 1. The van der Waals surface area contributed by atoms with Crippen LogP contribution in [0.2, 0.25) is 0 Å². The standard InChI is InChI=1S/C20H13F3N2O4S/c21-20(22,23)17-4-3-11(30-17)8-25-18(26)19(16-2-1-5-24(16)25)9-27-13-7-15-14(6-12(13)19)28-10-29-15/h1-7H,8-10H2. The number of amides is 1. The van der Waals surface area contributed by atoms with Crippen LogP contribution >= 0.6 is 11.3 Å². The highest BCUT2D eigenvalue weighted by molar-refractivity contribution is 7.12. The molecule has 0 fully saturated rings. The van der Waals surface area contributed by atoms with Gasteiger partial charge in [0.15, 0.2) is 16.9 Å². The Bertz CT molecular complexity index is 1200. The average Bonchev–Trinajstić information content (AvgIpc) is 3.49. The SMILES string of the molecule is O=C1N(Cc2ccc(C(F)(F)F)s2)n2cccc2C12COc1cc3c(cc12)OCO3. The normalized spacial score (nSPS) is 21.3. The molecule has 0 saturated heterocycles. The lowest BCUT2D eigenvalue weighted by Crippen LogP contribution is -2.43. The maximum absolute atomic E-state index is 13.7. The van der Waals surface area contributed by atoms with E-state index < -0.39 is 16.5 Å². The summed E-state index contributed by atoms with van der Waals surface area (Å²) in [6.07, 6.45) is -2.68. The van der Waals surface area contributed by atoms with Crippen LogP contribution in [0.5, 0.6) is 17.2 Å². The van der Waals surface area contributed by atoms with Crippen LogP contribution in [0.4, 0.5) is 13.2 Å². The van der Waals surface area contributed by atoms with E-state index in [2.05, 4.69) is 0 Å². The minimum Gasteiger partial charge on any atom is -0.491 e.